The van der Waals surface area contributed by atoms with E-state index in [9.17, 15) is 0 Å². The van der Waals surface area contributed by atoms with Gasteiger partial charge in [-0.2, -0.15) is 0 Å². The molecule has 124 valence electrons. The molecule has 0 amide bonds. The molecule has 0 aliphatic heterocycles. The maximum atomic E-state index is 4.40. The predicted octanol–water partition coefficient (Wildman–Crippen LogP) is 4.77. The van der Waals surface area contributed by atoms with E-state index in [4.69, 9.17) is 0 Å². The van der Waals surface area contributed by atoms with Crippen LogP contribution in [0.25, 0.3) is 34.9 Å². The maximum Gasteiger partial charge on any atom is 0.0892 e. The Morgan fingerprint density at radius 3 is 1.35 bits per heavy atom. The van der Waals surface area contributed by atoms with Gasteiger partial charge in [-0.15, -0.1) is 0 Å². The summed E-state index contributed by atoms with van der Waals surface area (Å²) in [7, 11) is 0. The van der Waals surface area contributed by atoms with Crippen molar-refractivity contribution < 1.29 is 0 Å². The van der Waals surface area contributed by atoms with Gasteiger partial charge < -0.3 is 0 Å². The highest BCUT2D eigenvalue weighted by molar-refractivity contribution is 5.73. The van der Waals surface area contributed by atoms with Gasteiger partial charge in [0.2, 0.25) is 0 Å². The maximum absolute atomic E-state index is 4.40. The van der Waals surface area contributed by atoms with Gasteiger partial charge in [-0.1, -0.05) is 24.3 Å². The molecule has 0 saturated carbocycles. The van der Waals surface area contributed by atoms with E-state index in [2.05, 4.69) is 32.1 Å². The number of pyridine rings is 4. The summed E-state index contributed by atoms with van der Waals surface area (Å²) in [6.07, 6.45) is 11.3. The van der Waals surface area contributed by atoms with Gasteiger partial charge in [-0.25, -0.2) is 0 Å². The molecule has 0 saturated heterocycles. The summed E-state index contributed by atoms with van der Waals surface area (Å²) in [5.74, 6) is 0. The van der Waals surface area contributed by atoms with Crippen LogP contribution < -0.4 is 0 Å². The predicted molar refractivity (Wildman–Crippen MR) is 104 cm³/mol. The summed E-state index contributed by atoms with van der Waals surface area (Å²) < 4.78 is 0. The first-order valence-electron chi connectivity index (χ1n) is 8.31. The number of rotatable bonds is 4. The second-order valence-electron chi connectivity index (χ2n) is 5.71. The van der Waals surface area contributed by atoms with Crippen LogP contribution in [0.4, 0.5) is 0 Å². The highest BCUT2D eigenvalue weighted by Crippen LogP contribution is 2.18. The van der Waals surface area contributed by atoms with Crippen molar-refractivity contribution in [1.82, 2.24) is 19.9 Å². The molecule has 26 heavy (non-hydrogen) atoms. The van der Waals surface area contributed by atoms with Crippen LogP contribution >= 0.6 is 0 Å². The third kappa shape index (κ3) is 3.70. The molecule has 0 bridgehead atoms. The first kappa shape index (κ1) is 15.8. The normalized spacial score (nSPS) is 10.9. The molecule has 4 heterocycles. The van der Waals surface area contributed by atoms with Gasteiger partial charge in [-0.3, -0.25) is 19.9 Å². The average Bonchev–Trinajstić information content (AvgIpc) is 2.74. The third-order valence-corrected chi connectivity index (χ3v) is 3.89. The number of aromatic nitrogens is 4. The van der Waals surface area contributed by atoms with E-state index in [1.54, 1.807) is 24.8 Å². The van der Waals surface area contributed by atoms with E-state index in [-0.39, 0.29) is 0 Å². The summed E-state index contributed by atoms with van der Waals surface area (Å²) in [6.45, 7) is 0. The van der Waals surface area contributed by atoms with E-state index in [1.165, 1.54) is 0 Å². The lowest BCUT2D eigenvalue weighted by Gasteiger charge is -2.02. The molecule has 0 aliphatic carbocycles. The van der Waals surface area contributed by atoms with E-state index >= 15 is 0 Å². The van der Waals surface area contributed by atoms with Gasteiger partial charge >= 0.3 is 0 Å². The Morgan fingerprint density at radius 1 is 0.462 bits per heavy atom. The van der Waals surface area contributed by atoms with Crippen molar-refractivity contribution >= 4 is 12.2 Å². The van der Waals surface area contributed by atoms with Gasteiger partial charge in [-0.05, 0) is 59.7 Å². The molecule has 4 nitrogen and oxygen atoms in total. The quantitative estimate of drug-likeness (QED) is 0.538. The number of nitrogens with zero attached hydrogens (tertiary/aromatic N) is 4. The molecule has 4 rings (SSSR count). The summed E-state index contributed by atoms with van der Waals surface area (Å²) in [6, 6.07) is 19.6. The Hall–Kier alpha value is -3.66. The van der Waals surface area contributed by atoms with Crippen LogP contribution in [0, 0.1) is 0 Å². The van der Waals surface area contributed by atoms with Crippen LogP contribution in [-0.2, 0) is 0 Å². The first-order valence-corrected chi connectivity index (χ1v) is 8.31. The molecule has 0 aliphatic rings. The molecular weight excluding hydrogens is 320 g/mol. The smallest absolute Gasteiger partial charge is 0.0892 e. The minimum absolute atomic E-state index is 0.858. The SMILES string of the molecule is C(=C\c1ccnc(-c2ccccn2)c1)/c1ccnc(-c2ccccn2)c1. The minimum Gasteiger partial charge on any atom is -0.255 e. The fourth-order valence-electron chi connectivity index (χ4n) is 2.60. The molecule has 0 unspecified atom stereocenters. The van der Waals surface area contributed by atoms with Crippen molar-refractivity contribution in [2.24, 2.45) is 0 Å². The molecule has 0 aromatic carbocycles. The van der Waals surface area contributed by atoms with Crippen LogP contribution in [0.1, 0.15) is 11.1 Å². The zero-order valence-electron chi connectivity index (χ0n) is 14.0. The summed E-state index contributed by atoms with van der Waals surface area (Å²) in [4.78, 5) is 17.5. The largest absolute Gasteiger partial charge is 0.255 e. The Morgan fingerprint density at radius 2 is 0.923 bits per heavy atom. The highest BCUT2D eigenvalue weighted by atomic mass is 14.8. The van der Waals surface area contributed by atoms with E-state index in [0.717, 1.165) is 33.9 Å². The van der Waals surface area contributed by atoms with Crippen LogP contribution in [0.5, 0.6) is 0 Å². The van der Waals surface area contributed by atoms with Gasteiger partial charge in [0.15, 0.2) is 0 Å². The van der Waals surface area contributed by atoms with Gasteiger partial charge in [0.05, 0.1) is 22.8 Å². The van der Waals surface area contributed by atoms with E-state index < -0.39 is 0 Å². The van der Waals surface area contributed by atoms with Crippen LogP contribution in [0.2, 0.25) is 0 Å². The lowest BCUT2D eigenvalue weighted by molar-refractivity contribution is 1.24. The van der Waals surface area contributed by atoms with E-state index in [0.29, 0.717) is 0 Å². The Kier molecular flexibility index (Phi) is 4.56. The van der Waals surface area contributed by atoms with Crippen molar-refractivity contribution in [3.05, 3.63) is 96.6 Å². The molecule has 0 atom stereocenters. The molecule has 0 N–H and O–H groups in total. The number of hydrogen-bond acceptors (Lipinski definition) is 4. The Labute approximate surface area is 152 Å². The van der Waals surface area contributed by atoms with Crippen molar-refractivity contribution in [2.75, 3.05) is 0 Å². The average molecular weight is 336 g/mol. The molecule has 0 radical (unpaired) electrons. The van der Waals surface area contributed by atoms with Crippen LogP contribution in [0.15, 0.2) is 85.5 Å². The molecule has 4 aromatic rings. The standard InChI is InChI=1S/C22H16N4/c1-3-11-23-19(5-1)21-15-17(9-13-25-21)7-8-18-10-14-26-22(16-18)20-6-2-4-12-24-20/h1-16H/b8-7+. The van der Waals surface area contributed by atoms with Crippen molar-refractivity contribution in [1.29, 1.82) is 0 Å². The molecular formula is C22H16N4. The topological polar surface area (TPSA) is 51.6 Å². The Balaban J connectivity index is 1.59. The van der Waals surface area contributed by atoms with Crippen LogP contribution in [-0.4, -0.2) is 19.9 Å². The third-order valence-electron chi connectivity index (χ3n) is 3.89. The zero-order valence-corrected chi connectivity index (χ0v) is 14.0. The monoisotopic (exact) mass is 336 g/mol. The highest BCUT2D eigenvalue weighted by Gasteiger charge is 2.01. The fourth-order valence-corrected chi connectivity index (χ4v) is 2.60. The van der Waals surface area contributed by atoms with Crippen LogP contribution in [0.3, 0.4) is 0 Å². The van der Waals surface area contributed by atoms with Crippen molar-refractivity contribution in [3.8, 4) is 22.8 Å². The second-order valence-corrected chi connectivity index (χ2v) is 5.71. The van der Waals surface area contributed by atoms with Crippen molar-refractivity contribution in [3.63, 3.8) is 0 Å². The summed E-state index contributed by atoms with van der Waals surface area (Å²) >= 11 is 0. The number of hydrogen-bond donors (Lipinski definition) is 0. The second kappa shape index (κ2) is 7.49. The molecule has 4 aromatic heterocycles. The van der Waals surface area contributed by atoms with E-state index in [1.807, 2.05) is 60.7 Å². The van der Waals surface area contributed by atoms with Gasteiger partial charge in [0, 0.05) is 24.8 Å². The van der Waals surface area contributed by atoms with Gasteiger partial charge in [0.25, 0.3) is 0 Å². The molecule has 4 heteroatoms. The lowest BCUT2D eigenvalue weighted by Crippen LogP contribution is -1.87. The minimum atomic E-state index is 0.858. The van der Waals surface area contributed by atoms with Crippen molar-refractivity contribution in [2.45, 2.75) is 0 Å². The molecule has 0 spiro atoms. The van der Waals surface area contributed by atoms with Gasteiger partial charge in [0.1, 0.15) is 0 Å². The summed E-state index contributed by atoms with van der Waals surface area (Å²) in [5, 5.41) is 0. The Bertz CT molecular complexity index is 943. The molecule has 0 fully saturated rings. The zero-order chi connectivity index (χ0) is 17.6. The summed E-state index contributed by atoms with van der Waals surface area (Å²) in [5.41, 5.74) is 5.58. The fraction of sp³-hybridized carbons (Fsp3) is 0. The lowest BCUT2D eigenvalue weighted by atomic mass is 10.1. The first-order chi connectivity index (χ1) is 12.9.